The van der Waals surface area contributed by atoms with E-state index in [1.165, 1.54) is 6.33 Å². The van der Waals surface area contributed by atoms with Crippen molar-refractivity contribution in [1.29, 1.82) is 0 Å². The van der Waals surface area contributed by atoms with Gasteiger partial charge < -0.3 is 15.8 Å². The molecule has 0 aromatic carbocycles. The van der Waals surface area contributed by atoms with Crippen LogP contribution in [0.15, 0.2) is 6.33 Å². The van der Waals surface area contributed by atoms with Crippen LogP contribution in [-0.4, -0.2) is 27.2 Å². The highest BCUT2D eigenvalue weighted by atomic mass is 16.3. The number of nitrogens with two attached hydrogens (primary N) is 1. The monoisotopic (exact) mass is 265 g/mol. The van der Waals surface area contributed by atoms with Crippen LogP contribution in [0.4, 0.5) is 11.6 Å². The molecule has 106 valence electrons. The molecule has 0 bridgehead atoms. The molecule has 0 atom stereocenters. The molecule has 6 nitrogen and oxygen atoms in total. The Hall–Kier alpha value is -1.40. The quantitative estimate of drug-likeness (QED) is 0.477. The van der Waals surface area contributed by atoms with Crippen LogP contribution in [0.5, 0.6) is 0 Å². The average Bonchev–Trinajstić information content (AvgIpc) is 2.87. The van der Waals surface area contributed by atoms with Crippen molar-refractivity contribution in [1.82, 2.24) is 9.97 Å². The lowest BCUT2D eigenvalue weighted by molar-refractivity contribution is 0.213. The van der Waals surface area contributed by atoms with Crippen molar-refractivity contribution in [2.45, 2.75) is 51.0 Å². The minimum atomic E-state index is -0.246. The third kappa shape index (κ3) is 2.79. The van der Waals surface area contributed by atoms with E-state index in [4.69, 9.17) is 5.84 Å². The van der Waals surface area contributed by atoms with Crippen molar-refractivity contribution >= 4 is 11.6 Å². The molecule has 1 aromatic heterocycles. The predicted octanol–water partition coefficient (Wildman–Crippen LogP) is 1.60. The molecule has 1 aliphatic carbocycles. The topological polar surface area (TPSA) is 96.1 Å². The van der Waals surface area contributed by atoms with Crippen molar-refractivity contribution in [3.63, 3.8) is 0 Å². The number of aliphatic hydroxyl groups is 1. The van der Waals surface area contributed by atoms with Gasteiger partial charge in [-0.05, 0) is 18.8 Å². The van der Waals surface area contributed by atoms with Crippen LogP contribution in [0.1, 0.15) is 51.0 Å². The van der Waals surface area contributed by atoms with Crippen molar-refractivity contribution < 1.29 is 5.11 Å². The van der Waals surface area contributed by atoms with E-state index < -0.39 is 0 Å². The summed E-state index contributed by atoms with van der Waals surface area (Å²) in [5, 5.41) is 13.1. The summed E-state index contributed by atoms with van der Waals surface area (Å²) >= 11 is 0. The van der Waals surface area contributed by atoms with Gasteiger partial charge in [0.1, 0.15) is 18.0 Å². The van der Waals surface area contributed by atoms with Gasteiger partial charge in [-0.3, -0.25) is 0 Å². The van der Waals surface area contributed by atoms with E-state index in [0.717, 1.165) is 37.1 Å². The first-order valence-electron chi connectivity index (χ1n) is 6.82. The molecule has 1 saturated carbocycles. The van der Waals surface area contributed by atoms with Crippen LogP contribution in [0.25, 0.3) is 0 Å². The molecule has 1 aliphatic rings. The summed E-state index contributed by atoms with van der Waals surface area (Å²) in [6, 6.07) is 0. The molecular formula is C13H23N5O. The predicted molar refractivity (Wildman–Crippen MR) is 75.8 cm³/mol. The lowest BCUT2D eigenvalue weighted by Gasteiger charge is -2.30. The number of aliphatic hydroxyl groups excluding tert-OH is 1. The Morgan fingerprint density at radius 2 is 1.95 bits per heavy atom. The number of hydrazine groups is 1. The fourth-order valence-electron chi connectivity index (χ4n) is 2.78. The zero-order valence-electron chi connectivity index (χ0n) is 11.6. The third-order valence-electron chi connectivity index (χ3n) is 3.84. The van der Waals surface area contributed by atoms with Crippen molar-refractivity contribution in [3.8, 4) is 0 Å². The summed E-state index contributed by atoms with van der Waals surface area (Å²) < 4.78 is 0. The van der Waals surface area contributed by atoms with Gasteiger partial charge in [-0.15, -0.1) is 0 Å². The van der Waals surface area contributed by atoms with E-state index in [-0.39, 0.29) is 18.1 Å². The Kier molecular flexibility index (Phi) is 4.21. The Morgan fingerprint density at radius 1 is 1.32 bits per heavy atom. The van der Waals surface area contributed by atoms with Gasteiger partial charge in [0, 0.05) is 5.56 Å². The second kappa shape index (κ2) is 5.71. The van der Waals surface area contributed by atoms with Gasteiger partial charge in [0.2, 0.25) is 0 Å². The molecule has 2 rings (SSSR count). The first-order chi connectivity index (χ1) is 9.12. The first-order valence-corrected chi connectivity index (χ1v) is 6.82. The van der Waals surface area contributed by atoms with E-state index >= 15 is 0 Å². The van der Waals surface area contributed by atoms with Gasteiger partial charge in [-0.25, -0.2) is 15.8 Å². The van der Waals surface area contributed by atoms with Gasteiger partial charge in [-0.2, -0.15) is 0 Å². The van der Waals surface area contributed by atoms with Crippen molar-refractivity contribution in [2.24, 2.45) is 5.84 Å². The van der Waals surface area contributed by atoms with E-state index in [1.54, 1.807) is 0 Å². The summed E-state index contributed by atoms with van der Waals surface area (Å²) in [6.07, 6.45) is 5.70. The van der Waals surface area contributed by atoms with E-state index in [9.17, 15) is 5.11 Å². The smallest absolute Gasteiger partial charge is 0.148 e. The average molecular weight is 265 g/mol. The van der Waals surface area contributed by atoms with Crippen molar-refractivity contribution in [2.75, 3.05) is 17.3 Å². The normalized spacial score (nSPS) is 17.7. The van der Waals surface area contributed by atoms with E-state index in [2.05, 4.69) is 34.6 Å². The highest BCUT2D eigenvalue weighted by molar-refractivity contribution is 5.59. The highest BCUT2D eigenvalue weighted by Gasteiger charge is 2.34. The Labute approximate surface area is 113 Å². The second-order valence-electron chi connectivity index (χ2n) is 5.55. The molecule has 6 heteroatoms. The molecule has 0 amide bonds. The van der Waals surface area contributed by atoms with Gasteiger partial charge in [0.25, 0.3) is 0 Å². The van der Waals surface area contributed by atoms with Crippen LogP contribution in [0, 0.1) is 0 Å². The maximum atomic E-state index is 9.69. The van der Waals surface area contributed by atoms with E-state index in [0.29, 0.717) is 5.82 Å². The Morgan fingerprint density at radius 3 is 2.47 bits per heavy atom. The second-order valence-corrected chi connectivity index (χ2v) is 5.55. The van der Waals surface area contributed by atoms with Gasteiger partial charge in [-0.1, -0.05) is 26.7 Å². The van der Waals surface area contributed by atoms with Crippen LogP contribution < -0.4 is 16.6 Å². The van der Waals surface area contributed by atoms with E-state index in [1.807, 2.05) is 0 Å². The largest absolute Gasteiger partial charge is 0.394 e. The maximum Gasteiger partial charge on any atom is 0.148 e. The molecule has 0 unspecified atom stereocenters. The van der Waals surface area contributed by atoms with Crippen molar-refractivity contribution in [3.05, 3.63) is 11.9 Å². The number of nitrogens with one attached hydrogen (secondary N) is 2. The third-order valence-corrected chi connectivity index (χ3v) is 3.84. The number of nitrogens with zero attached hydrogens (tertiary/aromatic N) is 2. The number of hydrogen-bond donors (Lipinski definition) is 4. The molecule has 1 aromatic rings. The van der Waals surface area contributed by atoms with Crippen LogP contribution >= 0.6 is 0 Å². The lowest BCUT2D eigenvalue weighted by atomic mass is 9.97. The molecule has 0 radical (unpaired) electrons. The zero-order chi connectivity index (χ0) is 13.9. The maximum absolute atomic E-state index is 9.69. The summed E-state index contributed by atoms with van der Waals surface area (Å²) in [5.41, 5.74) is 3.34. The first kappa shape index (κ1) is 14.0. The number of rotatable bonds is 5. The minimum absolute atomic E-state index is 0.125. The fraction of sp³-hybridized carbons (Fsp3) is 0.692. The fourth-order valence-corrected chi connectivity index (χ4v) is 2.78. The SMILES string of the molecule is CC(C)c1c(NN)ncnc1NC1(CO)CCCC1. The molecule has 1 heterocycles. The van der Waals surface area contributed by atoms with Gasteiger partial charge in [0.15, 0.2) is 0 Å². The van der Waals surface area contributed by atoms with Crippen LogP contribution in [0.3, 0.4) is 0 Å². The van der Waals surface area contributed by atoms with Crippen LogP contribution in [0.2, 0.25) is 0 Å². The molecule has 5 N–H and O–H groups in total. The summed E-state index contributed by atoms with van der Waals surface area (Å²) in [4.78, 5) is 8.49. The molecular weight excluding hydrogens is 242 g/mol. The van der Waals surface area contributed by atoms with Crippen LogP contribution in [-0.2, 0) is 0 Å². The Bertz CT molecular complexity index is 429. The lowest BCUT2D eigenvalue weighted by Crippen LogP contribution is -2.39. The number of nitrogen functional groups attached to an aromatic ring is 1. The number of hydrogen-bond acceptors (Lipinski definition) is 6. The summed E-state index contributed by atoms with van der Waals surface area (Å²) in [5.74, 6) is 7.17. The molecule has 0 spiro atoms. The zero-order valence-corrected chi connectivity index (χ0v) is 11.6. The molecule has 19 heavy (non-hydrogen) atoms. The highest BCUT2D eigenvalue weighted by Crippen LogP contribution is 2.35. The molecule has 0 saturated heterocycles. The Balaban J connectivity index is 2.34. The molecule has 0 aliphatic heterocycles. The van der Waals surface area contributed by atoms with Gasteiger partial charge >= 0.3 is 0 Å². The minimum Gasteiger partial charge on any atom is -0.394 e. The number of aromatic nitrogens is 2. The standard InChI is InChI=1S/C13H23N5O/c1-9(2)10-11(15-8-16-12(10)18-14)17-13(7-19)5-3-4-6-13/h8-9,19H,3-7,14H2,1-2H3,(H2,15,16,17,18). The van der Waals surface area contributed by atoms with Gasteiger partial charge in [0.05, 0.1) is 12.1 Å². The summed E-state index contributed by atoms with van der Waals surface area (Å²) in [6.45, 7) is 4.27. The molecule has 1 fully saturated rings. The number of anilines is 2. The summed E-state index contributed by atoms with van der Waals surface area (Å²) in [7, 11) is 0.